The summed E-state index contributed by atoms with van der Waals surface area (Å²) < 4.78 is 13.0. The highest BCUT2D eigenvalue weighted by atomic mass is 16.5. The molecule has 1 saturated heterocycles. The Morgan fingerprint density at radius 1 is 1.05 bits per heavy atom. The predicted octanol–water partition coefficient (Wildman–Crippen LogP) is 3.98. The Morgan fingerprint density at radius 2 is 1.73 bits per heavy atom. The largest absolute Gasteiger partial charge is 0.465 e. The van der Waals surface area contributed by atoms with E-state index >= 15 is 0 Å². The molecule has 0 saturated carbocycles. The third-order valence-corrected chi connectivity index (χ3v) is 6.70. The molecular formula is C28H32N6O3. The number of hydrogen-bond donors (Lipinski definition) is 1. The second-order valence-electron chi connectivity index (χ2n) is 9.16. The van der Waals surface area contributed by atoms with Gasteiger partial charge in [0.15, 0.2) is 11.5 Å². The zero-order chi connectivity index (χ0) is 25.5. The SMILES string of the molecule is COC(=O)c1cc2ncnn2nc1NCCCN1CCC(OC(c2ccccc2)c2ccccc2)CC1. The third-order valence-electron chi connectivity index (χ3n) is 6.70. The molecule has 9 heteroatoms. The molecule has 0 amide bonds. The van der Waals surface area contributed by atoms with Crippen LogP contribution in [0.1, 0.15) is 46.9 Å². The van der Waals surface area contributed by atoms with E-state index in [4.69, 9.17) is 9.47 Å². The molecule has 0 radical (unpaired) electrons. The molecule has 1 N–H and O–H groups in total. The summed E-state index contributed by atoms with van der Waals surface area (Å²) in [7, 11) is 1.36. The van der Waals surface area contributed by atoms with Crippen LogP contribution in [0.15, 0.2) is 73.1 Å². The summed E-state index contributed by atoms with van der Waals surface area (Å²) >= 11 is 0. The number of nitrogens with zero attached hydrogens (tertiary/aromatic N) is 5. The number of benzene rings is 2. The van der Waals surface area contributed by atoms with Crippen molar-refractivity contribution in [1.82, 2.24) is 24.7 Å². The van der Waals surface area contributed by atoms with E-state index in [1.54, 1.807) is 6.07 Å². The second kappa shape index (κ2) is 11.9. The Labute approximate surface area is 216 Å². The fourth-order valence-corrected chi connectivity index (χ4v) is 4.74. The summed E-state index contributed by atoms with van der Waals surface area (Å²) in [6.45, 7) is 3.63. The quantitative estimate of drug-likeness (QED) is 0.258. The predicted molar refractivity (Wildman–Crippen MR) is 141 cm³/mol. The van der Waals surface area contributed by atoms with Crippen LogP contribution in [0.2, 0.25) is 0 Å². The van der Waals surface area contributed by atoms with Gasteiger partial charge in [0.1, 0.15) is 18.0 Å². The number of esters is 1. The minimum atomic E-state index is -0.452. The molecule has 4 aromatic rings. The van der Waals surface area contributed by atoms with Crippen molar-refractivity contribution in [3.8, 4) is 0 Å². The van der Waals surface area contributed by atoms with Gasteiger partial charge >= 0.3 is 5.97 Å². The summed E-state index contributed by atoms with van der Waals surface area (Å²) in [5.74, 6) is -0.00305. The Morgan fingerprint density at radius 3 is 2.38 bits per heavy atom. The maximum Gasteiger partial charge on any atom is 0.341 e. The number of carbonyl (C=O) groups is 1. The van der Waals surface area contributed by atoms with Crippen molar-refractivity contribution in [3.05, 3.63) is 89.7 Å². The Kier molecular flexibility index (Phi) is 8.02. The minimum Gasteiger partial charge on any atom is -0.465 e. The van der Waals surface area contributed by atoms with Gasteiger partial charge in [-0.25, -0.2) is 9.78 Å². The standard InChI is InChI=1S/C28H32N6O3/c1-36-28(35)24-19-25-30-20-31-34(25)32-27(24)29-15-8-16-33-17-13-23(14-18-33)37-26(21-9-4-2-5-10-21)22-11-6-3-7-12-22/h2-7,9-12,19-20,23,26H,8,13-18H2,1H3,(H,29,32). The number of anilines is 1. The number of fused-ring (bicyclic) bond motifs is 1. The van der Waals surface area contributed by atoms with Crippen LogP contribution in [0.25, 0.3) is 5.65 Å². The summed E-state index contributed by atoms with van der Waals surface area (Å²) in [5, 5.41) is 11.7. The average molecular weight is 501 g/mol. The van der Waals surface area contributed by atoms with Gasteiger partial charge in [-0.05, 0) is 36.9 Å². The smallest absolute Gasteiger partial charge is 0.341 e. The van der Waals surface area contributed by atoms with Crippen LogP contribution in [0, 0.1) is 0 Å². The Hall–Kier alpha value is -3.82. The molecule has 0 spiro atoms. The molecule has 3 heterocycles. The average Bonchev–Trinajstić information content (AvgIpc) is 3.42. The van der Waals surface area contributed by atoms with Gasteiger partial charge in [-0.2, -0.15) is 0 Å². The third kappa shape index (κ3) is 6.12. The zero-order valence-corrected chi connectivity index (χ0v) is 21.0. The lowest BCUT2D eigenvalue weighted by Crippen LogP contribution is -2.38. The molecule has 5 rings (SSSR count). The molecule has 2 aromatic carbocycles. The highest BCUT2D eigenvalue weighted by molar-refractivity contribution is 5.95. The van der Waals surface area contributed by atoms with Gasteiger partial charge in [-0.15, -0.1) is 14.8 Å². The maximum absolute atomic E-state index is 12.2. The number of rotatable bonds is 10. The molecular weight excluding hydrogens is 468 g/mol. The Bertz CT molecular complexity index is 1250. The van der Waals surface area contributed by atoms with E-state index in [0.717, 1.165) is 38.9 Å². The van der Waals surface area contributed by atoms with Gasteiger partial charge < -0.3 is 19.7 Å². The normalized spacial score (nSPS) is 14.8. The highest BCUT2D eigenvalue weighted by Crippen LogP contribution is 2.30. The number of aromatic nitrogens is 4. The first-order valence-corrected chi connectivity index (χ1v) is 12.7. The van der Waals surface area contributed by atoms with Crippen LogP contribution < -0.4 is 5.32 Å². The highest BCUT2D eigenvalue weighted by Gasteiger charge is 2.24. The van der Waals surface area contributed by atoms with Crippen LogP contribution in [-0.4, -0.2) is 70.1 Å². The maximum atomic E-state index is 12.2. The molecule has 0 unspecified atom stereocenters. The number of methoxy groups -OCH3 is 1. The molecule has 9 nitrogen and oxygen atoms in total. The molecule has 1 aliphatic rings. The van der Waals surface area contributed by atoms with Crippen LogP contribution in [0.5, 0.6) is 0 Å². The van der Waals surface area contributed by atoms with Crippen molar-refractivity contribution in [2.24, 2.45) is 0 Å². The first-order valence-electron chi connectivity index (χ1n) is 12.7. The van der Waals surface area contributed by atoms with Crippen LogP contribution >= 0.6 is 0 Å². The first kappa shape index (κ1) is 24.9. The van der Waals surface area contributed by atoms with Crippen LogP contribution in [0.3, 0.4) is 0 Å². The fourth-order valence-electron chi connectivity index (χ4n) is 4.74. The summed E-state index contributed by atoms with van der Waals surface area (Å²) in [6, 6.07) is 22.5. The minimum absolute atomic E-state index is 0.0537. The van der Waals surface area contributed by atoms with E-state index in [1.165, 1.54) is 29.2 Å². The fraction of sp³-hybridized carbons (Fsp3) is 0.357. The van der Waals surface area contributed by atoms with Crippen molar-refractivity contribution in [2.45, 2.75) is 31.5 Å². The molecule has 192 valence electrons. The van der Waals surface area contributed by atoms with Gasteiger partial charge in [-0.1, -0.05) is 60.7 Å². The summed E-state index contributed by atoms with van der Waals surface area (Å²) in [6.07, 6.45) is 4.49. The van der Waals surface area contributed by atoms with E-state index < -0.39 is 5.97 Å². The molecule has 1 aliphatic heterocycles. The van der Waals surface area contributed by atoms with Crippen molar-refractivity contribution < 1.29 is 14.3 Å². The van der Waals surface area contributed by atoms with Crippen molar-refractivity contribution in [3.63, 3.8) is 0 Å². The molecule has 2 aromatic heterocycles. The first-order chi connectivity index (χ1) is 18.2. The summed E-state index contributed by atoms with van der Waals surface area (Å²) in [4.78, 5) is 18.7. The van der Waals surface area contributed by atoms with Crippen molar-refractivity contribution in [1.29, 1.82) is 0 Å². The lowest BCUT2D eigenvalue weighted by atomic mass is 10.00. The zero-order valence-electron chi connectivity index (χ0n) is 21.0. The topological polar surface area (TPSA) is 93.9 Å². The van der Waals surface area contributed by atoms with Gasteiger partial charge in [-0.3, -0.25) is 0 Å². The monoisotopic (exact) mass is 500 g/mol. The molecule has 37 heavy (non-hydrogen) atoms. The number of nitrogens with one attached hydrogen (secondary N) is 1. The number of ether oxygens (including phenoxy) is 2. The van der Waals surface area contributed by atoms with Crippen LogP contribution in [-0.2, 0) is 9.47 Å². The lowest BCUT2D eigenvalue weighted by Gasteiger charge is -2.34. The van der Waals surface area contributed by atoms with E-state index in [-0.39, 0.29) is 12.2 Å². The van der Waals surface area contributed by atoms with Gasteiger partial charge in [0.25, 0.3) is 0 Å². The van der Waals surface area contributed by atoms with Gasteiger partial charge in [0.2, 0.25) is 0 Å². The molecule has 1 fully saturated rings. The van der Waals surface area contributed by atoms with Crippen LogP contribution in [0.4, 0.5) is 5.82 Å². The van der Waals surface area contributed by atoms with E-state index in [0.29, 0.717) is 23.6 Å². The number of carbonyl (C=O) groups excluding carboxylic acids is 1. The molecule has 0 aliphatic carbocycles. The van der Waals surface area contributed by atoms with E-state index in [1.807, 2.05) is 12.1 Å². The molecule has 0 bridgehead atoms. The van der Waals surface area contributed by atoms with Crippen molar-refractivity contribution >= 4 is 17.4 Å². The van der Waals surface area contributed by atoms with Crippen molar-refractivity contribution in [2.75, 3.05) is 38.6 Å². The number of likely N-dealkylation sites (tertiary alicyclic amines) is 1. The van der Waals surface area contributed by atoms with Gasteiger partial charge in [0.05, 0.1) is 13.2 Å². The summed E-state index contributed by atoms with van der Waals surface area (Å²) in [5.41, 5.74) is 3.22. The van der Waals surface area contributed by atoms with E-state index in [2.05, 4.69) is 73.9 Å². The van der Waals surface area contributed by atoms with Gasteiger partial charge in [0, 0.05) is 25.7 Å². The molecule has 0 atom stereocenters. The van der Waals surface area contributed by atoms with E-state index in [9.17, 15) is 4.79 Å². The lowest BCUT2D eigenvalue weighted by molar-refractivity contribution is -0.0269. The number of hydrogen-bond acceptors (Lipinski definition) is 8. The second-order valence-corrected chi connectivity index (χ2v) is 9.16. The Balaban J connectivity index is 1.11. The number of piperidine rings is 1.